The molecule has 0 bridgehead atoms. The number of hydrogen-bond donors (Lipinski definition) is 2. The average Bonchev–Trinajstić information content (AvgIpc) is 3.04. The molecule has 1 aliphatic heterocycles. The van der Waals surface area contributed by atoms with Gasteiger partial charge in [0.25, 0.3) is 0 Å². The zero-order valence-corrected chi connectivity index (χ0v) is 12.6. The molecule has 4 N–H and O–H groups in total. The van der Waals surface area contributed by atoms with Crippen molar-refractivity contribution in [1.29, 1.82) is 0 Å². The van der Waals surface area contributed by atoms with Crippen LogP contribution in [0.1, 0.15) is 37.2 Å². The summed E-state index contributed by atoms with van der Waals surface area (Å²) in [6.45, 7) is 4.06. The van der Waals surface area contributed by atoms with Crippen molar-refractivity contribution in [1.82, 2.24) is 15.0 Å². The SMILES string of the molecule is CC(C)c1cnc(C2N=NN=N2)cc1Oc1cnc(N)nc1N. The minimum atomic E-state index is -0.557. The molecule has 2 aromatic rings. The van der Waals surface area contributed by atoms with E-state index in [2.05, 4.69) is 35.6 Å². The van der Waals surface area contributed by atoms with Crippen LogP contribution >= 0.6 is 0 Å². The molecule has 3 heterocycles. The minimum absolute atomic E-state index is 0.0844. The monoisotopic (exact) mass is 313 g/mol. The molecule has 0 spiro atoms. The Morgan fingerprint density at radius 3 is 2.43 bits per heavy atom. The van der Waals surface area contributed by atoms with Gasteiger partial charge in [-0.15, -0.1) is 10.2 Å². The van der Waals surface area contributed by atoms with E-state index in [4.69, 9.17) is 16.2 Å². The molecule has 0 aliphatic carbocycles. The molecule has 23 heavy (non-hydrogen) atoms. The molecule has 0 aromatic carbocycles. The van der Waals surface area contributed by atoms with Crippen LogP contribution in [0.3, 0.4) is 0 Å². The molecule has 0 radical (unpaired) electrons. The third-order valence-electron chi connectivity index (χ3n) is 3.19. The second-order valence-corrected chi connectivity index (χ2v) is 5.16. The smallest absolute Gasteiger partial charge is 0.227 e. The highest BCUT2D eigenvalue weighted by molar-refractivity contribution is 5.50. The molecule has 3 rings (SSSR count). The Morgan fingerprint density at radius 2 is 1.78 bits per heavy atom. The van der Waals surface area contributed by atoms with Gasteiger partial charge in [-0.1, -0.05) is 13.8 Å². The molecule has 0 unspecified atom stereocenters. The van der Waals surface area contributed by atoms with E-state index in [1.807, 2.05) is 13.8 Å². The van der Waals surface area contributed by atoms with Crippen LogP contribution in [0, 0.1) is 0 Å². The standard InChI is InChI=1S/C13H15N9O/c1-6(2)7-4-16-8(12-19-21-22-20-12)3-9(7)23-10-5-17-13(15)18-11(10)14/h3-6,12H,1-2H3,(H4,14,15,17,18). The summed E-state index contributed by atoms with van der Waals surface area (Å²) >= 11 is 0. The minimum Gasteiger partial charge on any atom is -0.451 e. The third-order valence-corrected chi connectivity index (χ3v) is 3.19. The molecular weight excluding hydrogens is 298 g/mol. The lowest BCUT2D eigenvalue weighted by Gasteiger charge is -2.15. The van der Waals surface area contributed by atoms with E-state index in [9.17, 15) is 0 Å². The van der Waals surface area contributed by atoms with E-state index < -0.39 is 6.17 Å². The molecule has 0 saturated heterocycles. The largest absolute Gasteiger partial charge is 0.451 e. The fraction of sp³-hybridized carbons (Fsp3) is 0.308. The summed E-state index contributed by atoms with van der Waals surface area (Å²) in [5.74, 6) is 1.32. The summed E-state index contributed by atoms with van der Waals surface area (Å²) in [5, 5.41) is 14.7. The zero-order valence-electron chi connectivity index (χ0n) is 12.6. The van der Waals surface area contributed by atoms with Gasteiger partial charge in [-0.05, 0) is 16.4 Å². The van der Waals surface area contributed by atoms with Gasteiger partial charge in [0.15, 0.2) is 11.6 Å². The number of anilines is 2. The summed E-state index contributed by atoms with van der Waals surface area (Å²) in [4.78, 5) is 12.1. The van der Waals surface area contributed by atoms with Gasteiger partial charge in [0, 0.05) is 17.8 Å². The predicted molar refractivity (Wildman–Crippen MR) is 81.7 cm³/mol. The number of aromatic nitrogens is 3. The van der Waals surface area contributed by atoms with Gasteiger partial charge >= 0.3 is 0 Å². The van der Waals surface area contributed by atoms with Crippen LogP contribution in [0.15, 0.2) is 39.1 Å². The number of pyridine rings is 1. The van der Waals surface area contributed by atoms with Gasteiger partial charge in [-0.2, -0.15) is 4.98 Å². The lowest BCUT2D eigenvalue weighted by Crippen LogP contribution is -2.04. The van der Waals surface area contributed by atoms with E-state index >= 15 is 0 Å². The Morgan fingerprint density at radius 1 is 1.04 bits per heavy atom. The number of rotatable bonds is 4. The first-order chi connectivity index (χ1) is 11.0. The highest BCUT2D eigenvalue weighted by Gasteiger charge is 2.19. The van der Waals surface area contributed by atoms with Crippen LogP contribution in [0.2, 0.25) is 0 Å². The molecule has 0 fully saturated rings. The van der Waals surface area contributed by atoms with Crippen molar-refractivity contribution >= 4 is 11.8 Å². The van der Waals surface area contributed by atoms with Gasteiger partial charge in [0.2, 0.25) is 12.1 Å². The summed E-state index contributed by atoms with van der Waals surface area (Å²) in [6, 6.07) is 1.74. The van der Waals surface area contributed by atoms with Crippen LogP contribution in [-0.4, -0.2) is 15.0 Å². The van der Waals surface area contributed by atoms with Gasteiger partial charge in [0.05, 0.1) is 11.9 Å². The highest BCUT2D eigenvalue weighted by atomic mass is 16.5. The second-order valence-electron chi connectivity index (χ2n) is 5.16. The van der Waals surface area contributed by atoms with Crippen LogP contribution in [0.4, 0.5) is 11.8 Å². The summed E-state index contributed by atoms with van der Waals surface area (Å²) < 4.78 is 5.87. The first kappa shape index (κ1) is 14.8. The Labute approximate surface area is 131 Å². The molecule has 2 aromatic heterocycles. The third kappa shape index (κ3) is 3.05. The number of nitrogens with two attached hydrogens (primary N) is 2. The topological polar surface area (TPSA) is 149 Å². The normalized spacial score (nSPS) is 13.9. The van der Waals surface area contributed by atoms with E-state index in [-0.39, 0.29) is 17.7 Å². The van der Waals surface area contributed by atoms with Gasteiger partial charge in [-0.3, -0.25) is 4.98 Å². The van der Waals surface area contributed by atoms with E-state index in [1.165, 1.54) is 6.20 Å². The molecule has 0 amide bonds. The van der Waals surface area contributed by atoms with Crippen molar-refractivity contribution in [3.05, 3.63) is 29.7 Å². The summed E-state index contributed by atoms with van der Waals surface area (Å²) in [7, 11) is 0. The Balaban J connectivity index is 1.99. The Kier molecular flexibility index (Phi) is 3.79. The maximum atomic E-state index is 5.87. The van der Waals surface area contributed by atoms with Crippen molar-refractivity contribution in [2.75, 3.05) is 11.5 Å². The molecule has 0 saturated carbocycles. The van der Waals surface area contributed by atoms with E-state index in [1.54, 1.807) is 12.3 Å². The average molecular weight is 313 g/mol. The molecule has 10 heteroatoms. The van der Waals surface area contributed by atoms with Crippen molar-refractivity contribution in [2.45, 2.75) is 25.9 Å². The van der Waals surface area contributed by atoms with Crippen LogP contribution in [0.5, 0.6) is 11.5 Å². The van der Waals surface area contributed by atoms with E-state index in [0.29, 0.717) is 17.2 Å². The first-order valence-electron chi connectivity index (χ1n) is 6.90. The van der Waals surface area contributed by atoms with Gasteiger partial charge in [-0.25, -0.2) is 4.98 Å². The van der Waals surface area contributed by atoms with Gasteiger partial charge < -0.3 is 16.2 Å². The molecule has 0 atom stereocenters. The maximum Gasteiger partial charge on any atom is 0.227 e. The number of nitrogen functional groups attached to an aromatic ring is 2. The molecular formula is C13H15N9O. The predicted octanol–water partition coefficient (Wildman–Crippen LogP) is 2.78. The highest BCUT2D eigenvalue weighted by Crippen LogP contribution is 2.35. The molecule has 10 nitrogen and oxygen atoms in total. The number of hydrogen-bond acceptors (Lipinski definition) is 10. The summed E-state index contributed by atoms with van der Waals surface area (Å²) in [6.07, 6.45) is 2.59. The molecule has 1 aliphatic rings. The van der Waals surface area contributed by atoms with Crippen molar-refractivity contribution in [3.63, 3.8) is 0 Å². The lowest BCUT2D eigenvalue weighted by atomic mass is 10.0. The Bertz CT molecular complexity index is 775. The van der Waals surface area contributed by atoms with Crippen LogP contribution in [-0.2, 0) is 0 Å². The lowest BCUT2D eigenvalue weighted by molar-refractivity contribution is 0.468. The second kappa shape index (κ2) is 5.91. The molecule has 118 valence electrons. The fourth-order valence-corrected chi connectivity index (χ4v) is 2.01. The van der Waals surface area contributed by atoms with Crippen LogP contribution < -0.4 is 16.2 Å². The fourth-order valence-electron chi connectivity index (χ4n) is 2.01. The first-order valence-corrected chi connectivity index (χ1v) is 6.90. The van der Waals surface area contributed by atoms with Crippen molar-refractivity contribution < 1.29 is 4.74 Å². The van der Waals surface area contributed by atoms with Crippen molar-refractivity contribution in [2.24, 2.45) is 20.7 Å². The maximum absolute atomic E-state index is 5.87. The number of nitrogens with zero attached hydrogens (tertiary/aromatic N) is 7. The van der Waals surface area contributed by atoms with E-state index in [0.717, 1.165) is 5.56 Å². The van der Waals surface area contributed by atoms with Crippen molar-refractivity contribution in [3.8, 4) is 11.5 Å². The Hall–Kier alpha value is -3.17. The summed E-state index contributed by atoms with van der Waals surface area (Å²) in [5.41, 5.74) is 12.8. The zero-order chi connectivity index (χ0) is 16.4. The quantitative estimate of drug-likeness (QED) is 0.885. The number of ether oxygens (including phenoxy) is 1. The van der Waals surface area contributed by atoms with Crippen LogP contribution in [0.25, 0.3) is 0 Å². The van der Waals surface area contributed by atoms with Gasteiger partial charge in [0.1, 0.15) is 5.75 Å².